The van der Waals surface area contributed by atoms with Crippen LogP contribution in [0.3, 0.4) is 0 Å². The fourth-order valence-electron chi connectivity index (χ4n) is 0.958. The second-order valence-corrected chi connectivity index (χ2v) is 3.41. The monoisotopic (exact) mass is 199 g/mol. The molecule has 0 bridgehead atoms. The van der Waals surface area contributed by atoms with E-state index in [1.54, 1.807) is 24.3 Å². The zero-order valence-electron chi connectivity index (χ0n) is 7.01. The number of nitrogens with zero attached hydrogens (tertiary/aromatic N) is 1. The van der Waals surface area contributed by atoms with E-state index in [1.165, 1.54) is 7.05 Å². The quantitative estimate of drug-likeness (QED) is 0.585. The Balaban J connectivity index is 3.12. The van der Waals surface area contributed by atoms with Crippen LogP contribution in [0.1, 0.15) is 10.4 Å². The molecule has 0 fully saturated rings. The molecule has 0 aromatic heterocycles. The van der Waals surface area contributed by atoms with E-state index in [9.17, 15) is 9.00 Å². The smallest absolute Gasteiger partial charge is 0.261 e. The Morgan fingerprint density at radius 1 is 1.46 bits per heavy atom. The molecular formula is C8H9NO3S. The molecule has 0 spiro atoms. The summed E-state index contributed by atoms with van der Waals surface area (Å²) in [4.78, 5) is 10.5. The molecule has 1 N–H and O–H groups in total. The Morgan fingerprint density at radius 2 is 2.08 bits per heavy atom. The predicted molar refractivity (Wildman–Crippen MR) is 51.0 cm³/mol. The summed E-state index contributed by atoms with van der Waals surface area (Å²) >= 11 is -2.10. The van der Waals surface area contributed by atoms with Gasteiger partial charge in [0.1, 0.15) is 0 Å². The van der Waals surface area contributed by atoms with Crippen LogP contribution in [0.25, 0.3) is 0 Å². The Kier molecular flexibility index (Phi) is 3.16. The van der Waals surface area contributed by atoms with Gasteiger partial charge in [0.05, 0.1) is 5.69 Å². The first-order valence-electron chi connectivity index (χ1n) is 3.55. The van der Waals surface area contributed by atoms with Crippen molar-refractivity contribution in [3.05, 3.63) is 29.8 Å². The summed E-state index contributed by atoms with van der Waals surface area (Å²) < 4.78 is 20.6. The van der Waals surface area contributed by atoms with Gasteiger partial charge < -0.3 is 0 Å². The number of benzene rings is 1. The van der Waals surface area contributed by atoms with E-state index in [0.717, 1.165) is 4.31 Å². The number of rotatable bonds is 3. The van der Waals surface area contributed by atoms with E-state index >= 15 is 0 Å². The van der Waals surface area contributed by atoms with Crippen molar-refractivity contribution in [1.82, 2.24) is 0 Å². The van der Waals surface area contributed by atoms with Gasteiger partial charge >= 0.3 is 0 Å². The molecule has 0 heterocycles. The molecule has 1 aromatic carbocycles. The Labute approximate surface area is 78.6 Å². The van der Waals surface area contributed by atoms with Crippen molar-refractivity contribution in [3.8, 4) is 0 Å². The van der Waals surface area contributed by atoms with Crippen LogP contribution in [0.5, 0.6) is 0 Å². The van der Waals surface area contributed by atoms with Crippen LogP contribution in [-0.4, -0.2) is 22.1 Å². The van der Waals surface area contributed by atoms with Gasteiger partial charge in [-0.25, -0.2) is 4.21 Å². The van der Waals surface area contributed by atoms with Gasteiger partial charge in [-0.15, -0.1) is 0 Å². The van der Waals surface area contributed by atoms with Crippen LogP contribution in [0.2, 0.25) is 0 Å². The number of carbonyl (C=O) groups is 1. The van der Waals surface area contributed by atoms with Crippen LogP contribution < -0.4 is 4.31 Å². The highest BCUT2D eigenvalue weighted by molar-refractivity contribution is 7.80. The minimum Gasteiger partial charge on any atom is -0.298 e. The van der Waals surface area contributed by atoms with Gasteiger partial charge in [0.25, 0.3) is 11.3 Å². The molecule has 0 amide bonds. The van der Waals surface area contributed by atoms with Crippen molar-refractivity contribution in [2.45, 2.75) is 0 Å². The lowest BCUT2D eigenvalue weighted by atomic mass is 10.2. The van der Waals surface area contributed by atoms with Crippen molar-refractivity contribution in [2.75, 3.05) is 11.4 Å². The van der Waals surface area contributed by atoms with Crippen LogP contribution in [0, 0.1) is 0 Å². The van der Waals surface area contributed by atoms with Crippen LogP contribution in [-0.2, 0) is 11.3 Å². The molecule has 1 rings (SSSR count). The molecule has 70 valence electrons. The molecule has 13 heavy (non-hydrogen) atoms. The summed E-state index contributed by atoms with van der Waals surface area (Å²) in [7, 11) is 1.44. The van der Waals surface area contributed by atoms with Crippen molar-refractivity contribution < 1.29 is 13.6 Å². The van der Waals surface area contributed by atoms with E-state index in [2.05, 4.69) is 0 Å². The largest absolute Gasteiger partial charge is 0.298 e. The maximum atomic E-state index is 10.7. The lowest BCUT2D eigenvalue weighted by Gasteiger charge is -2.14. The van der Waals surface area contributed by atoms with E-state index < -0.39 is 11.3 Å². The van der Waals surface area contributed by atoms with Gasteiger partial charge in [-0.3, -0.25) is 13.7 Å². The Morgan fingerprint density at radius 3 is 2.62 bits per heavy atom. The summed E-state index contributed by atoms with van der Waals surface area (Å²) in [5.74, 6) is 0. The van der Waals surface area contributed by atoms with Gasteiger partial charge in [0, 0.05) is 12.6 Å². The molecule has 5 heteroatoms. The average molecular weight is 199 g/mol. The Bertz CT molecular complexity index is 340. The highest BCUT2D eigenvalue weighted by Crippen LogP contribution is 2.17. The highest BCUT2D eigenvalue weighted by Gasteiger charge is 2.09. The first kappa shape index (κ1) is 9.88. The van der Waals surface area contributed by atoms with E-state index in [1.807, 2.05) is 0 Å². The van der Waals surface area contributed by atoms with E-state index in [-0.39, 0.29) is 0 Å². The van der Waals surface area contributed by atoms with Crippen LogP contribution >= 0.6 is 0 Å². The zero-order chi connectivity index (χ0) is 9.84. The first-order chi connectivity index (χ1) is 6.16. The third-order valence-electron chi connectivity index (χ3n) is 1.64. The number of hydrogen-bond donors (Lipinski definition) is 1. The molecular weight excluding hydrogens is 190 g/mol. The summed E-state index contributed by atoms with van der Waals surface area (Å²) in [6, 6.07) is 6.59. The molecule has 0 aliphatic carbocycles. The number of para-hydroxylation sites is 1. The molecule has 1 unspecified atom stereocenters. The maximum Gasteiger partial charge on any atom is 0.261 e. The van der Waals surface area contributed by atoms with E-state index in [0.29, 0.717) is 17.5 Å². The number of carbonyl (C=O) groups excluding carboxylic acids is 1. The van der Waals surface area contributed by atoms with Gasteiger partial charge in [-0.2, -0.15) is 0 Å². The van der Waals surface area contributed by atoms with E-state index in [4.69, 9.17) is 4.55 Å². The van der Waals surface area contributed by atoms with Gasteiger partial charge in [0.2, 0.25) is 0 Å². The first-order valence-corrected chi connectivity index (χ1v) is 4.62. The number of hydrogen-bond acceptors (Lipinski definition) is 2. The summed E-state index contributed by atoms with van der Waals surface area (Å²) in [6.45, 7) is 0. The van der Waals surface area contributed by atoms with Gasteiger partial charge in [0.15, 0.2) is 6.29 Å². The van der Waals surface area contributed by atoms with Crippen LogP contribution in [0.15, 0.2) is 24.3 Å². The minimum absolute atomic E-state index is 0.396. The number of anilines is 1. The van der Waals surface area contributed by atoms with Gasteiger partial charge in [-0.05, 0) is 12.1 Å². The topological polar surface area (TPSA) is 57.6 Å². The molecule has 0 aliphatic heterocycles. The standard InChI is InChI=1S/C8H9NO3S/c1-9(13(11)12)8-5-3-2-4-7(8)6-10/h2-6H,1H3,(H,11,12). The van der Waals surface area contributed by atoms with Gasteiger partial charge in [-0.1, -0.05) is 12.1 Å². The van der Waals surface area contributed by atoms with Crippen molar-refractivity contribution in [1.29, 1.82) is 0 Å². The second kappa shape index (κ2) is 4.15. The molecule has 1 aromatic rings. The highest BCUT2D eigenvalue weighted by atomic mass is 32.2. The second-order valence-electron chi connectivity index (χ2n) is 2.40. The zero-order valence-corrected chi connectivity index (χ0v) is 7.82. The van der Waals surface area contributed by atoms with Crippen LogP contribution in [0.4, 0.5) is 5.69 Å². The SMILES string of the molecule is CN(c1ccccc1C=O)S(=O)O. The minimum atomic E-state index is -2.10. The molecule has 0 saturated carbocycles. The summed E-state index contributed by atoms with van der Waals surface area (Å²) in [5.41, 5.74) is 0.839. The lowest BCUT2D eigenvalue weighted by Crippen LogP contribution is -2.20. The summed E-state index contributed by atoms with van der Waals surface area (Å²) in [6.07, 6.45) is 0.651. The maximum absolute atomic E-state index is 10.7. The number of aldehydes is 1. The molecule has 4 nitrogen and oxygen atoms in total. The average Bonchev–Trinajstić information content (AvgIpc) is 2.16. The van der Waals surface area contributed by atoms with Crippen molar-refractivity contribution >= 4 is 23.2 Å². The van der Waals surface area contributed by atoms with Crippen molar-refractivity contribution in [2.24, 2.45) is 0 Å². The Hall–Kier alpha value is -1.20. The fourth-order valence-corrected chi connectivity index (χ4v) is 1.29. The lowest BCUT2D eigenvalue weighted by molar-refractivity contribution is 0.112. The third kappa shape index (κ3) is 2.13. The fraction of sp³-hybridized carbons (Fsp3) is 0.125. The molecule has 1 atom stereocenters. The normalized spacial score (nSPS) is 12.2. The summed E-state index contributed by atoms with van der Waals surface area (Å²) in [5, 5.41) is 0. The molecule has 0 saturated heterocycles. The van der Waals surface area contributed by atoms with Crippen molar-refractivity contribution in [3.63, 3.8) is 0 Å². The molecule has 0 aliphatic rings. The third-order valence-corrected chi connectivity index (χ3v) is 2.30. The predicted octanol–water partition coefficient (Wildman–Crippen LogP) is 1.07. The molecule has 0 radical (unpaired) electrons.